The lowest BCUT2D eigenvalue weighted by molar-refractivity contribution is -0.121. The number of carbonyl (C=O) groups is 1. The standard InChI is InChI=1S/C12H16BrFN2O/c1-3-12(15,4-2)11(17)16-8-5-6-10(14)9(13)7-8/h5-7H,3-4,15H2,1-2H3,(H,16,17). The molecule has 0 atom stereocenters. The summed E-state index contributed by atoms with van der Waals surface area (Å²) in [6.07, 6.45) is 1.11. The lowest BCUT2D eigenvalue weighted by atomic mass is 9.93. The highest BCUT2D eigenvalue weighted by molar-refractivity contribution is 9.10. The molecule has 0 unspecified atom stereocenters. The van der Waals surface area contributed by atoms with Gasteiger partial charge in [-0.3, -0.25) is 4.79 Å². The van der Waals surface area contributed by atoms with Crippen LogP contribution in [0.15, 0.2) is 22.7 Å². The topological polar surface area (TPSA) is 55.1 Å². The molecule has 0 aliphatic rings. The molecule has 3 nitrogen and oxygen atoms in total. The van der Waals surface area contributed by atoms with Crippen LogP contribution in [0.25, 0.3) is 0 Å². The summed E-state index contributed by atoms with van der Waals surface area (Å²) in [6, 6.07) is 4.30. The van der Waals surface area contributed by atoms with Gasteiger partial charge in [-0.05, 0) is 47.0 Å². The highest BCUT2D eigenvalue weighted by Gasteiger charge is 2.29. The first-order chi connectivity index (χ1) is 7.92. The molecule has 5 heteroatoms. The van der Waals surface area contributed by atoms with Crippen molar-refractivity contribution in [2.75, 3.05) is 5.32 Å². The molecule has 0 saturated carbocycles. The van der Waals surface area contributed by atoms with E-state index in [-0.39, 0.29) is 11.7 Å². The smallest absolute Gasteiger partial charge is 0.244 e. The molecule has 1 aromatic rings. The zero-order valence-corrected chi connectivity index (χ0v) is 11.5. The summed E-state index contributed by atoms with van der Waals surface area (Å²) in [4.78, 5) is 11.9. The van der Waals surface area contributed by atoms with Crippen LogP contribution in [0.4, 0.5) is 10.1 Å². The maximum absolute atomic E-state index is 13.0. The summed E-state index contributed by atoms with van der Waals surface area (Å²) in [5.41, 5.74) is 5.61. The number of benzene rings is 1. The number of amides is 1. The quantitative estimate of drug-likeness (QED) is 0.898. The molecule has 17 heavy (non-hydrogen) atoms. The number of halogens is 2. The van der Waals surface area contributed by atoms with Gasteiger partial charge in [-0.25, -0.2) is 4.39 Å². The molecule has 0 spiro atoms. The predicted octanol–water partition coefficient (Wildman–Crippen LogP) is 3.04. The van der Waals surface area contributed by atoms with E-state index >= 15 is 0 Å². The molecule has 0 radical (unpaired) electrons. The Balaban J connectivity index is 2.84. The summed E-state index contributed by atoms with van der Waals surface area (Å²) in [5, 5.41) is 2.69. The summed E-state index contributed by atoms with van der Waals surface area (Å²) < 4.78 is 13.3. The first-order valence-corrected chi connectivity index (χ1v) is 6.27. The molecule has 1 amide bonds. The molecule has 0 fully saturated rings. The van der Waals surface area contributed by atoms with Crippen LogP contribution in [0, 0.1) is 5.82 Å². The summed E-state index contributed by atoms with van der Waals surface area (Å²) in [5.74, 6) is -0.617. The minimum atomic E-state index is -0.874. The molecule has 1 rings (SSSR count). The van der Waals surface area contributed by atoms with E-state index < -0.39 is 5.54 Å². The van der Waals surface area contributed by atoms with Gasteiger partial charge < -0.3 is 11.1 Å². The van der Waals surface area contributed by atoms with E-state index in [9.17, 15) is 9.18 Å². The van der Waals surface area contributed by atoms with Crippen molar-refractivity contribution in [3.8, 4) is 0 Å². The zero-order chi connectivity index (χ0) is 13.1. The maximum Gasteiger partial charge on any atom is 0.244 e. The van der Waals surface area contributed by atoms with E-state index in [1.54, 1.807) is 0 Å². The second kappa shape index (κ2) is 5.60. The zero-order valence-electron chi connectivity index (χ0n) is 9.89. The maximum atomic E-state index is 13.0. The largest absolute Gasteiger partial charge is 0.324 e. The molecule has 0 aliphatic heterocycles. The Morgan fingerprint density at radius 2 is 2.06 bits per heavy atom. The lowest BCUT2D eigenvalue weighted by Crippen LogP contribution is -2.50. The minimum absolute atomic E-state index is 0.249. The molecule has 0 saturated heterocycles. The third kappa shape index (κ3) is 3.26. The highest BCUT2D eigenvalue weighted by atomic mass is 79.9. The van der Waals surface area contributed by atoms with Gasteiger partial charge in [0.1, 0.15) is 5.82 Å². The van der Waals surface area contributed by atoms with E-state index in [1.165, 1.54) is 18.2 Å². The van der Waals surface area contributed by atoms with Crippen LogP contribution in [0.5, 0.6) is 0 Å². The predicted molar refractivity (Wildman–Crippen MR) is 70.2 cm³/mol. The van der Waals surface area contributed by atoms with Crippen LogP contribution < -0.4 is 11.1 Å². The van der Waals surface area contributed by atoms with E-state index in [4.69, 9.17) is 5.73 Å². The van der Waals surface area contributed by atoms with Crippen LogP contribution in [0.3, 0.4) is 0 Å². The van der Waals surface area contributed by atoms with Gasteiger partial charge >= 0.3 is 0 Å². The third-order valence-corrected chi connectivity index (χ3v) is 3.50. The summed E-state index contributed by atoms with van der Waals surface area (Å²) >= 11 is 3.06. The number of nitrogens with two attached hydrogens (primary N) is 1. The first-order valence-electron chi connectivity index (χ1n) is 5.48. The number of carbonyl (C=O) groups excluding carboxylic acids is 1. The van der Waals surface area contributed by atoms with Crippen molar-refractivity contribution in [2.45, 2.75) is 32.2 Å². The molecule has 0 heterocycles. The van der Waals surface area contributed by atoms with Crippen molar-refractivity contribution >= 4 is 27.5 Å². The summed E-state index contributed by atoms with van der Waals surface area (Å²) in [6.45, 7) is 3.73. The fourth-order valence-electron chi connectivity index (χ4n) is 1.40. The van der Waals surface area contributed by atoms with Gasteiger partial charge in [-0.2, -0.15) is 0 Å². The van der Waals surface area contributed by atoms with Crippen LogP contribution in [0.1, 0.15) is 26.7 Å². The van der Waals surface area contributed by atoms with Crippen molar-refractivity contribution in [1.29, 1.82) is 0 Å². The van der Waals surface area contributed by atoms with E-state index in [0.29, 0.717) is 23.0 Å². The molecule has 0 aliphatic carbocycles. The third-order valence-electron chi connectivity index (χ3n) is 2.89. The lowest BCUT2D eigenvalue weighted by Gasteiger charge is -2.25. The number of nitrogens with one attached hydrogen (secondary N) is 1. The van der Waals surface area contributed by atoms with Gasteiger partial charge in [0.25, 0.3) is 0 Å². The van der Waals surface area contributed by atoms with Crippen molar-refractivity contribution < 1.29 is 9.18 Å². The monoisotopic (exact) mass is 302 g/mol. The minimum Gasteiger partial charge on any atom is -0.324 e. The molecule has 94 valence electrons. The Morgan fingerprint density at radius 3 is 2.53 bits per heavy atom. The van der Waals surface area contributed by atoms with E-state index in [0.717, 1.165) is 0 Å². The Morgan fingerprint density at radius 1 is 1.47 bits per heavy atom. The van der Waals surface area contributed by atoms with Crippen LogP contribution in [0.2, 0.25) is 0 Å². The highest BCUT2D eigenvalue weighted by Crippen LogP contribution is 2.21. The van der Waals surface area contributed by atoms with Gasteiger partial charge in [0.15, 0.2) is 0 Å². The molecule has 3 N–H and O–H groups in total. The Kier molecular flexibility index (Phi) is 4.65. The molecular formula is C12H16BrFN2O. The van der Waals surface area contributed by atoms with Gasteiger partial charge in [0.2, 0.25) is 5.91 Å². The fraction of sp³-hybridized carbons (Fsp3) is 0.417. The van der Waals surface area contributed by atoms with Crippen molar-refractivity contribution in [2.24, 2.45) is 5.73 Å². The van der Waals surface area contributed by atoms with Crippen LogP contribution >= 0.6 is 15.9 Å². The second-order valence-electron chi connectivity index (χ2n) is 3.95. The van der Waals surface area contributed by atoms with E-state index in [2.05, 4.69) is 21.2 Å². The van der Waals surface area contributed by atoms with Gasteiger partial charge in [0, 0.05) is 5.69 Å². The first kappa shape index (κ1) is 14.1. The summed E-state index contributed by atoms with van der Waals surface area (Å²) in [7, 11) is 0. The van der Waals surface area contributed by atoms with E-state index in [1.807, 2.05) is 13.8 Å². The second-order valence-corrected chi connectivity index (χ2v) is 4.80. The van der Waals surface area contributed by atoms with Gasteiger partial charge in [0.05, 0.1) is 10.0 Å². The number of hydrogen-bond acceptors (Lipinski definition) is 2. The SMILES string of the molecule is CCC(N)(CC)C(=O)Nc1ccc(F)c(Br)c1. The van der Waals surface area contributed by atoms with Crippen molar-refractivity contribution in [1.82, 2.24) is 0 Å². The Hall–Kier alpha value is -0.940. The number of rotatable bonds is 4. The van der Waals surface area contributed by atoms with Crippen molar-refractivity contribution in [3.63, 3.8) is 0 Å². The fourth-order valence-corrected chi connectivity index (χ4v) is 1.78. The average Bonchev–Trinajstić information content (AvgIpc) is 2.32. The molecule has 1 aromatic carbocycles. The van der Waals surface area contributed by atoms with Gasteiger partial charge in [-0.15, -0.1) is 0 Å². The van der Waals surface area contributed by atoms with Crippen LogP contribution in [-0.2, 0) is 4.79 Å². The molecule has 0 bridgehead atoms. The number of anilines is 1. The van der Waals surface area contributed by atoms with Gasteiger partial charge in [-0.1, -0.05) is 13.8 Å². The molecule has 0 aromatic heterocycles. The molecular weight excluding hydrogens is 287 g/mol. The normalized spacial score (nSPS) is 11.4. The Labute approximate surface area is 109 Å². The number of hydrogen-bond donors (Lipinski definition) is 2. The Bertz CT molecular complexity index is 419. The van der Waals surface area contributed by atoms with Crippen molar-refractivity contribution in [3.05, 3.63) is 28.5 Å². The average molecular weight is 303 g/mol. The van der Waals surface area contributed by atoms with Crippen LogP contribution in [-0.4, -0.2) is 11.4 Å².